The van der Waals surface area contributed by atoms with Gasteiger partial charge in [0.15, 0.2) is 0 Å². The molecular formula is C8H11N3O. The van der Waals surface area contributed by atoms with Crippen LogP contribution in [0.25, 0.3) is 0 Å². The lowest BCUT2D eigenvalue weighted by Crippen LogP contribution is -2.32. The Morgan fingerprint density at radius 2 is 2.42 bits per heavy atom. The average molecular weight is 165 g/mol. The molecule has 0 aromatic carbocycles. The van der Waals surface area contributed by atoms with E-state index in [1.54, 1.807) is 25.3 Å². The Kier molecular flexibility index (Phi) is 2.63. The molecule has 0 aliphatic heterocycles. The van der Waals surface area contributed by atoms with Crippen molar-refractivity contribution >= 4 is 11.7 Å². The molecule has 0 spiro atoms. The van der Waals surface area contributed by atoms with Crippen molar-refractivity contribution in [2.24, 2.45) is 5.73 Å². The fourth-order valence-corrected chi connectivity index (χ4v) is 0.741. The molecule has 0 unspecified atom stereocenters. The Morgan fingerprint density at radius 3 is 2.92 bits per heavy atom. The number of carbonyl (C=O) groups excluding carboxylic acids is 1. The number of aromatic nitrogens is 1. The number of nitrogens with one attached hydrogen (secondary N) is 1. The summed E-state index contributed by atoms with van der Waals surface area (Å²) >= 11 is 0. The number of amides is 1. The topological polar surface area (TPSA) is 68.0 Å². The van der Waals surface area contributed by atoms with Crippen LogP contribution in [-0.4, -0.2) is 16.9 Å². The first-order chi connectivity index (χ1) is 5.70. The van der Waals surface area contributed by atoms with Crippen LogP contribution < -0.4 is 11.1 Å². The Labute approximate surface area is 70.8 Å². The summed E-state index contributed by atoms with van der Waals surface area (Å²) in [6.07, 6.45) is 1.65. The molecule has 0 saturated heterocycles. The van der Waals surface area contributed by atoms with Gasteiger partial charge in [-0.25, -0.2) is 4.98 Å². The van der Waals surface area contributed by atoms with Gasteiger partial charge in [0.05, 0.1) is 0 Å². The highest BCUT2D eigenvalue weighted by molar-refractivity contribution is 5.82. The predicted octanol–water partition coefficient (Wildman–Crippen LogP) is 0.367. The Morgan fingerprint density at radius 1 is 1.67 bits per heavy atom. The Hall–Kier alpha value is -1.58. The molecule has 0 aliphatic rings. The minimum absolute atomic E-state index is 0.388. The molecule has 0 aliphatic carbocycles. The van der Waals surface area contributed by atoms with Gasteiger partial charge >= 0.3 is 0 Å². The molecule has 1 rings (SSSR count). The van der Waals surface area contributed by atoms with Crippen molar-refractivity contribution in [3.8, 4) is 0 Å². The van der Waals surface area contributed by atoms with Crippen LogP contribution in [0.4, 0.5) is 5.82 Å². The van der Waals surface area contributed by atoms with Crippen molar-refractivity contribution in [2.45, 2.75) is 13.0 Å². The zero-order valence-corrected chi connectivity index (χ0v) is 6.82. The fourth-order valence-electron chi connectivity index (χ4n) is 0.741. The maximum Gasteiger partial charge on any atom is 0.239 e. The van der Waals surface area contributed by atoms with Crippen LogP contribution in [0.15, 0.2) is 24.4 Å². The van der Waals surface area contributed by atoms with Crippen molar-refractivity contribution in [1.82, 2.24) is 4.98 Å². The van der Waals surface area contributed by atoms with Crippen LogP contribution in [0.3, 0.4) is 0 Å². The van der Waals surface area contributed by atoms with E-state index in [0.717, 1.165) is 0 Å². The standard InChI is InChI=1S/C8H11N3O/c1-6(8(9)12)11-7-4-2-3-5-10-7/h2-6H,1H3,(H2,9,12)(H,10,11)/t6-/m0/s1. The van der Waals surface area contributed by atoms with Crippen molar-refractivity contribution in [1.29, 1.82) is 0 Å². The van der Waals surface area contributed by atoms with E-state index in [2.05, 4.69) is 10.3 Å². The van der Waals surface area contributed by atoms with E-state index in [9.17, 15) is 4.79 Å². The van der Waals surface area contributed by atoms with Gasteiger partial charge in [0.2, 0.25) is 5.91 Å². The number of nitrogens with zero attached hydrogens (tertiary/aromatic N) is 1. The average Bonchev–Trinajstić information content (AvgIpc) is 2.06. The van der Waals surface area contributed by atoms with E-state index in [-0.39, 0.29) is 11.9 Å². The molecule has 0 bridgehead atoms. The van der Waals surface area contributed by atoms with Crippen molar-refractivity contribution in [3.05, 3.63) is 24.4 Å². The van der Waals surface area contributed by atoms with Crippen molar-refractivity contribution in [2.75, 3.05) is 5.32 Å². The molecule has 12 heavy (non-hydrogen) atoms. The van der Waals surface area contributed by atoms with Crippen LogP contribution in [-0.2, 0) is 4.79 Å². The lowest BCUT2D eigenvalue weighted by atomic mass is 10.3. The molecular weight excluding hydrogens is 154 g/mol. The van der Waals surface area contributed by atoms with Crippen LogP contribution in [0.5, 0.6) is 0 Å². The maximum absolute atomic E-state index is 10.6. The third kappa shape index (κ3) is 2.23. The number of hydrogen-bond donors (Lipinski definition) is 2. The molecule has 1 atom stereocenters. The molecule has 1 aromatic rings. The van der Waals surface area contributed by atoms with Gasteiger partial charge in [0, 0.05) is 6.20 Å². The minimum Gasteiger partial charge on any atom is -0.368 e. The molecule has 64 valence electrons. The van der Waals surface area contributed by atoms with Crippen LogP contribution >= 0.6 is 0 Å². The molecule has 1 amide bonds. The van der Waals surface area contributed by atoms with Gasteiger partial charge in [-0.05, 0) is 19.1 Å². The monoisotopic (exact) mass is 165 g/mol. The largest absolute Gasteiger partial charge is 0.368 e. The Bertz CT molecular complexity index is 260. The molecule has 0 saturated carbocycles. The molecule has 3 N–H and O–H groups in total. The van der Waals surface area contributed by atoms with Crippen molar-refractivity contribution in [3.63, 3.8) is 0 Å². The summed E-state index contributed by atoms with van der Waals surface area (Å²) in [4.78, 5) is 14.6. The number of primary amides is 1. The minimum atomic E-state index is -0.389. The number of pyridine rings is 1. The van der Waals surface area contributed by atoms with Crippen LogP contribution in [0, 0.1) is 0 Å². The molecule has 1 heterocycles. The normalized spacial score (nSPS) is 12.1. The summed E-state index contributed by atoms with van der Waals surface area (Å²) in [5.74, 6) is 0.268. The molecule has 0 radical (unpaired) electrons. The summed E-state index contributed by atoms with van der Waals surface area (Å²) in [6.45, 7) is 1.69. The van der Waals surface area contributed by atoms with Gasteiger partial charge in [-0.1, -0.05) is 6.07 Å². The van der Waals surface area contributed by atoms with Gasteiger partial charge in [0.1, 0.15) is 11.9 Å². The first-order valence-electron chi connectivity index (χ1n) is 3.67. The second-order valence-electron chi connectivity index (χ2n) is 2.48. The second-order valence-corrected chi connectivity index (χ2v) is 2.48. The third-order valence-corrected chi connectivity index (χ3v) is 1.46. The SMILES string of the molecule is C[C@H](Nc1ccccn1)C(N)=O. The number of hydrogen-bond acceptors (Lipinski definition) is 3. The second kappa shape index (κ2) is 3.71. The highest BCUT2D eigenvalue weighted by atomic mass is 16.1. The predicted molar refractivity (Wildman–Crippen MR) is 46.5 cm³/mol. The zero-order valence-electron chi connectivity index (χ0n) is 6.82. The number of carbonyl (C=O) groups is 1. The third-order valence-electron chi connectivity index (χ3n) is 1.46. The highest BCUT2D eigenvalue weighted by Gasteiger charge is 2.07. The molecule has 1 aromatic heterocycles. The summed E-state index contributed by atoms with van der Waals surface area (Å²) in [5.41, 5.74) is 5.05. The lowest BCUT2D eigenvalue weighted by Gasteiger charge is -2.09. The number of anilines is 1. The van der Waals surface area contributed by atoms with Crippen LogP contribution in [0.1, 0.15) is 6.92 Å². The van der Waals surface area contributed by atoms with Gasteiger partial charge in [-0.2, -0.15) is 0 Å². The number of nitrogens with two attached hydrogens (primary N) is 1. The van der Waals surface area contributed by atoms with Crippen molar-refractivity contribution < 1.29 is 4.79 Å². The van der Waals surface area contributed by atoms with Gasteiger partial charge < -0.3 is 11.1 Å². The molecule has 4 heteroatoms. The fraction of sp³-hybridized carbons (Fsp3) is 0.250. The van der Waals surface area contributed by atoms with E-state index < -0.39 is 0 Å². The van der Waals surface area contributed by atoms with Crippen LogP contribution in [0.2, 0.25) is 0 Å². The summed E-state index contributed by atoms with van der Waals surface area (Å²) < 4.78 is 0. The summed E-state index contributed by atoms with van der Waals surface area (Å²) in [7, 11) is 0. The lowest BCUT2D eigenvalue weighted by molar-refractivity contribution is -0.118. The van der Waals surface area contributed by atoms with E-state index >= 15 is 0 Å². The number of rotatable bonds is 3. The van der Waals surface area contributed by atoms with Gasteiger partial charge in [-0.15, -0.1) is 0 Å². The zero-order chi connectivity index (χ0) is 8.97. The van der Waals surface area contributed by atoms with E-state index in [4.69, 9.17) is 5.73 Å². The smallest absolute Gasteiger partial charge is 0.239 e. The van der Waals surface area contributed by atoms with E-state index in [1.165, 1.54) is 0 Å². The summed E-state index contributed by atoms with van der Waals surface area (Å²) in [6, 6.07) is 5.03. The van der Waals surface area contributed by atoms with E-state index in [1.807, 2.05) is 6.07 Å². The molecule has 0 fully saturated rings. The molecule has 4 nitrogen and oxygen atoms in total. The van der Waals surface area contributed by atoms with E-state index in [0.29, 0.717) is 5.82 Å². The highest BCUT2D eigenvalue weighted by Crippen LogP contribution is 2.01. The van der Waals surface area contributed by atoms with Gasteiger partial charge in [-0.3, -0.25) is 4.79 Å². The maximum atomic E-state index is 10.6. The summed E-state index contributed by atoms with van der Waals surface area (Å²) in [5, 5.41) is 2.86. The first-order valence-corrected chi connectivity index (χ1v) is 3.67. The Balaban J connectivity index is 2.58. The van der Waals surface area contributed by atoms with Gasteiger partial charge in [0.25, 0.3) is 0 Å². The first kappa shape index (κ1) is 8.52. The quantitative estimate of drug-likeness (QED) is 0.679.